The molecule has 5 nitrogen and oxygen atoms in total. The lowest BCUT2D eigenvalue weighted by Crippen LogP contribution is -2.32. The molecule has 1 aliphatic rings. The van der Waals surface area contributed by atoms with Crippen molar-refractivity contribution in [3.63, 3.8) is 0 Å². The zero-order valence-electron chi connectivity index (χ0n) is 10.7. The van der Waals surface area contributed by atoms with Gasteiger partial charge in [-0.05, 0) is 30.2 Å². The van der Waals surface area contributed by atoms with E-state index in [4.69, 9.17) is 5.73 Å². The average molecular weight is 269 g/mol. The molecule has 18 heavy (non-hydrogen) atoms. The Bertz CT molecular complexity index is 536. The first-order chi connectivity index (χ1) is 8.36. The minimum absolute atomic E-state index is 0.144. The van der Waals surface area contributed by atoms with Crippen molar-refractivity contribution in [2.75, 3.05) is 12.3 Å². The van der Waals surface area contributed by atoms with Crippen molar-refractivity contribution in [1.82, 2.24) is 9.71 Å². The van der Waals surface area contributed by atoms with Gasteiger partial charge in [0.2, 0.25) is 10.0 Å². The first-order valence-electron chi connectivity index (χ1n) is 6.07. The lowest BCUT2D eigenvalue weighted by Gasteiger charge is -2.20. The highest BCUT2D eigenvalue weighted by Crippen LogP contribution is 2.51. The highest BCUT2D eigenvalue weighted by atomic mass is 32.2. The minimum atomic E-state index is -3.48. The molecule has 2 rings (SSSR count). The number of aromatic nitrogens is 1. The highest BCUT2D eigenvalue weighted by molar-refractivity contribution is 7.89. The third-order valence-electron chi connectivity index (χ3n) is 3.79. The number of hydrogen-bond acceptors (Lipinski definition) is 4. The molecule has 6 heteroatoms. The second-order valence-electron chi connectivity index (χ2n) is 5.26. The summed E-state index contributed by atoms with van der Waals surface area (Å²) >= 11 is 0. The molecule has 0 spiro atoms. The van der Waals surface area contributed by atoms with Crippen LogP contribution < -0.4 is 10.5 Å². The van der Waals surface area contributed by atoms with Gasteiger partial charge in [0.05, 0.1) is 4.90 Å². The molecule has 1 aromatic rings. The van der Waals surface area contributed by atoms with Crippen LogP contribution in [-0.2, 0) is 10.0 Å². The Morgan fingerprint density at radius 1 is 1.50 bits per heavy atom. The van der Waals surface area contributed by atoms with Crippen molar-refractivity contribution in [2.45, 2.75) is 31.6 Å². The van der Waals surface area contributed by atoms with Crippen molar-refractivity contribution in [3.8, 4) is 0 Å². The molecular formula is C12H19N3O2S. The van der Waals surface area contributed by atoms with Crippen LogP contribution in [0.25, 0.3) is 0 Å². The predicted octanol–water partition coefficient (Wildman–Crippen LogP) is 1.38. The van der Waals surface area contributed by atoms with Gasteiger partial charge in [0, 0.05) is 18.8 Å². The second-order valence-corrected chi connectivity index (χ2v) is 7.02. The monoisotopic (exact) mass is 269 g/mol. The van der Waals surface area contributed by atoms with E-state index in [1.54, 1.807) is 0 Å². The summed E-state index contributed by atoms with van der Waals surface area (Å²) in [7, 11) is -3.48. The van der Waals surface area contributed by atoms with Crippen LogP contribution in [0.4, 0.5) is 5.82 Å². The maximum absolute atomic E-state index is 12.1. The van der Waals surface area contributed by atoms with Crippen LogP contribution in [0.1, 0.15) is 26.7 Å². The third kappa shape index (κ3) is 2.64. The first kappa shape index (κ1) is 13.3. The Hall–Kier alpha value is -1.14. The van der Waals surface area contributed by atoms with E-state index in [0.717, 1.165) is 12.8 Å². The van der Waals surface area contributed by atoms with Crippen molar-refractivity contribution in [3.05, 3.63) is 18.3 Å². The van der Waals surface area contributed by atoms with E-state index >= 15 is 0 Å². The smallest absolute Gasteiger partial charge is 0.240 e. The summed E-state index contributed by atoms with van der Waals surface area (Å²) in [5.41, 5.74) is 5.64. The summed E-state index contributed by atoms with van der Waals surface area (Å²) < 4.78 is 26.8. The van der Waals surface area contributed by atoms with Crippen LogP contribution >= 0.6 is 0 Å². The molecule has 0 atom stereocenters. The number of nitrogen functional groups attached to an aromatic ring is 1. The van der Waals surface area contributed by atoms with Crippen molar-refractivity contribution in [2.24, 2.45) is 11.3 Å². The molecule has 0 bridgehead atoms. The summed E-state index contributed by atoms with van der Waals surface area (Å²) in [6.07, 6.45) is 3.58. The number of sulfonamides is 1. The summed E-state index contributed by atoms with van der Waals surface area (Å²) in [5.74, 6) is 0.700. The molecule has 100 valence electrons. The van der Waals surface area contributed by atoms with Gasteiger partial charge >= 0.3 is 0 Å². The fourth-order valence-electron chi connectivity index (χ4n) is 2.04. The Morgan fingerprint density at radius 3 is 2.67 bits per heavy atom. The van der Waals surface area contributed by atoms with E-state index in [1.165, 1.54) is 18.3 Å². The fourth-order valence-corrected chi connectivity index (χ4v) is 3.20. The summed E-state index contributed by atoms with van der Waals surface area (Å²) in [4.78, 5) is 3.96. The van der Waals surface area contributed by atoms with E-state index < -0.39 is 10.0 Å². The third-order valence-corrected chi connectivity index (χ3v) is 5.19. The number of nitrogens with zero attached hydrogens (tertiary/aromatic N) is 1. The van der Waals surface area contributed by atoms with Crippen LogP contribution in [0.15, 0.2) is 23.2 Å². The molecule has 0 saturated heterocycles. The molecule has 0 radical (unpaired) electrons. The average Bonchev–Trinajstić information content (AvgIpc) is 3.07. The van der Waals surface area contributed by atoms with Crippen LogP contribution in [0.3, 0.4) is 0 Å². The van der Waals surface area contributed by atoms with E-state index in [9.17, 15) is 8.42 Å². The lowest BCUT2D eigenvalue weighted by atomic mass is 9.93. The lowest BCUT2D eigenvalue weighted by molar-refractivity contribution is 0.357. The van der Waals surface area contributed by atoms with E-state index in [-0.39, 0.29) is 16.1 Å². The van der Waals surface area contributed by atoms with Gasteiger partial charge in [-0.3, -0.25) is 0 Å². The van der Waals surface area contributed by atoms with E-state index in [0.29, 0.717) is 12.5 Å². The van der Waals surface area contributed by atoms with Gasteiger partial charge in [0.15, 0.2) is 0 Å². The molecular weight excluding hydrogens is 250 g/mol. The largest absolute Gasteiger partial charge is 0.384 e. The van der Waals surface area contributed by atoms with Gasteiger partial charge in [0.25, 0.3) is 0 Å². The zero-order chi connectivity index (χ0) is 13.4. The molecule has 1 saturated carbocycles. The molecule has 1 aromatic heterocycles. The van der Waals surface area contributed by atoms with Crippen LogP contribution in [0.2, 0.25) is 0 Å². The topological polar surface area (TPSA) is 85.1 Å². The van der Waals surface area contributed by atoms with Gasteiger partial charge in [-0.1, -0.05) is 13.8 Å². The minimum Gasteiger partial charge on any atom is -0.384 e. The number of hydrogen-bond donors (Lipinski definition) is 2. The van der Waals surface area contributed by atoms with Crippen molar-refractivity contribution >= 4 is 15.8 Å². The van der Waals surface area contributed by atoms with Gasteiger partial charge in [0.1, 0.15) is 5.82 Å². The maximum Gasteiger partial charge on any atom is 0.240 e. The number of anilines is 1. The Morgan fingerprint density at radius 2 is 2.17 bits per heavy atom. The van der Waals surface area contributed by atoms with Crippen LogP contribution in [0.5, 0.6) is 0 Å². The summed E-state index contributed by atoms with van der Waals surface area (Å²) in [6.45, 7) is 4.76. The Balaban J connectivity index is 2.09. The van der Waals surface area contributed by atoms with Gasteiger partial charge in [-0.2, -0.15) is 0 Å². The fraction of sp³-hybridized carbons (Fsp3) is 0.583. The molecule has 3 N–H and O–H groups in total. The van der Waals surface area contributed by atoms with Crippen molar-refractivity contribution in [1.29, 1.82) is 0 Å². The van der Waals surface area contributed by atoms with E-state index in [1.807, 2.05) is 0 Å². The molecule has 1 aliphatic carbocycles. The maximum atomic E-state index is 12.1. The molecule has 0 aliphatic heterocycles. The second kappa shape index (κ2) is 4.51. The Kier molecular flexibility index (Phi) is 3.33. The van der Waals surface area contributed by atoms with E-state index in [2.05, 4.69) is 23.6 Å². The van der Waals surface area contributed by atoms with Gasteiger partial charge in [-0.15, -0.1) is 0 Å². The highest BCUT2D eigenvalue weighted by Gasteiger charge is 2.45. The first-order valence-corrected chi connectivity index (χ1v) is 7.55. The summed E-state index contributed by atoms with van der Waals surface area (Å²) in [6, 6.07) is 2.82. The van der Waals surface area contributed by atoms with Crippen molar-refractivity contribution < 1.29 is 8.42 Å². The molecule has 0 amide bonds. The molecule has 0 aromatic carbocycles. The summed E-state index contributed by atoms with van der Waals surface area (Å²) in [5, 5.41) is 0. The molecule has 1 heterocycles. The normalized spacial score (nSPS) is 17.9. The van der Waals surface area contributed by atoms with Gasteiger partial charge in [-0.25, -0.2) is 18.1 Å². The van der Waals surface area contributed by atoms with Crippen LogP contribution in [0, 0.1) is 11.3 Å². The van der Waals surface area contributed by atoms with Crippen LogP contribution in [-0.4, -0.2) is 19.9 Å². The number of nitrogens with one attached hydrogen (secondary N) is 1. The quantitative estimate of drug-likeness (QED) is 0.845. The number of pyridine rings is 1. The zero-order valence-corrected chi connectivity index (χ0v) is 11.5. The van der Waals surface area contributed by atoms with Gasteiger partial charge < -0.3 is 5.73 Å². The number of rotatable bonds is 5. The molecule has 0 unspecified atom stereocenters. The SMILES string of the molecule is CC(C)C1(CNS(=O)(=O)c2ccnc(N)c2)CC1. The predicted molar refractivity (Wildman–Crippen MR) is 70.3 cm³/mol. The standard InChI is InChI=1S/C12H19N3O2S/c1-9(2)12(4-5-12)8-15-18(16,17)10-3-6-14-11(13)7-10/h3,6-7,9,15H,4-5,8H2,1-2H3,(H2,13,14). The molecule has 1 fully saturated rings. The number of nitrogens with two attached hydrogens (primary N) is 1. The Labute approximate surface area is 108 Å².